The maximum Gasteiger partial charge on any atom is 0.282 e. The van der Waals surface area contributed by atoms with E-state index in [-0.39, 0.29) is 29.0 Å². The van der Waals surface area contributed by atoms with Gasteiger partial charge in [0.25, 0.3) is 5.56 Å². The van der Waals surface area contributed by atoms with Crippen LogP contribution in [0.3, 0.4) is 0 Å². The van der Waals surface area contributed by atoms with Gasteiger partial charge in [-0.05, 0) is 17.9 Å². The first kappa shape index (κ1) is 18.9. The van der Waals surface area contributed by atoms with Crippen molar-refractivity contribution >= 4 is 51.4 Å². The average Bonchev–Trinajstić information content (AvgIpc) is 3.40. The third-order valence-corrected chi connectivity index (χ3v) is 6.67. The van der Waals surface area contributed by atoms with E-state index in [1.54, 1.807) is 22.1 Å². The quantitative estimate of drug-likeness (QED) is 0.314. The van der Waals surface area contributed by atoms with E-state index < -0.39 is 0 Å². The molecule has 4 rings (SSSR count). The number of hydrogen-bond acceptors (Lipinski definition) is 9. The van der Waals surface area contributed by atoms with Crippen molar-refractivity contribution in [2.24, 2.45) is 0 Å². The number of aromatic nitrogens is 5. The van der Waals surface area contributed by atoms with Gasteiger partial charge in [0.2, 0.25) is 0 Å². The van der Waals surface area contributed by atoms with Crippen LogP contribution < -0.4 is 5.56 Å². The summed E-state index contributed by atoms with van der Waals surface area (Å²) in [4.78, 5) is 43.3. The number of fused-ring (bicyclic) bond motifs is 1. The summed E-state index contributed by atoms with van der Waals surface area (Å²) in [7, 11) is 0. The molecule has 4 aromatic rings. The van der Waals surface area contributed by atoms with Gasteiger partial charge in [0, 0.05) is 35.4 Å². The van der Waals surface area contributed by atoms with Crippen molar-refractivity contribution in [1.29, 1.82) is 0 Å². The third kappa shape index (κ3) is 4.34. The van der Waals surface area contributed by atoms with Gasteiger partial charge in [-0.2, -0.15) is 0 Å². The fraction of sp³-hybridized carbons (Fsp3) is 0.222. The standard InChI is InChI=1S/C18H15N5O2S3/c24-12(10-14-19-6-9-27-14)11-28-18-22-16-15(20-4-5-21-16)17(25)23(18)7-3-13-2-1-8-26-13/h1-2,4-6,8-9H,3,7,10-11H2. The topological polar surface area (TPSA) is 90.6 Å². The second-order valence-corrected chi connectivity index (χ2v) is 8.79. The fourth-order valence-electron chi connectivity index (χ4n) is 2.62. The van der Waals surface area contributed by atoms with Gasteiger partial charge in [-0.1, -0.05) is 17.8 Å². The molecule has 0 aromatic carbocycles. The van der Waals surface area contributed by atoms with E-state index in [9.17, 15) is 9.59 Å². The largest absolute Gasteiger partial charge is 0.298 e. The molecule has 10 heteroatoms. The number of carbonyl (C=O) groups excluding carboxylic acids is 1. The number of thiophene rings is 1. The summed E-state index contributed by atoms with van der Waals surface area (Å²) < 4.78 is 1.60. The Balaban J connectivity index is 1.58. The molecule has 0 saturated heterocycles. The summed E-state index contributed by atoms with van der Waals surface area (Å²) in [5.74, 6) is 0.259. The minimum absolute atomic E-state index is 0.0400. The maximum absolute atomic E-state index is 12.9. The van der Waals surface area contributed by atoms with Crippen molar-refractivity contribution in [3.05, 3.63) is 61.7 Å². The molecule has 0 amide bonds. The van der Waals surface area contributed by atoms with Crippen LogP contribution in [0.1, 0.15) is 9.88 Å². The zero-order valence-corrected chi connectivity index (χ0v) is 17.1. The summed E-state index contributed by atoms with van der Waals surface area (Å²) in [5.41, 5.74) is 0.311. The van der Waals surface area contributed by atoms with Crippen LogP contribution in [0, 0.1) is 0 Å². The second-order valence-electron chi connectivity index (χ2n) is 5.84. The highest BCUT2D eigenvalue weighted by atomic mass is 32.2. The Bertz CT molecular complexity index is 1140. The van der Waals surface area contributed by atoms with E-state index in [2.05, 4.69) is 19.9 Å². The number of rotatable bonds is 8. The van der Waals surface area contributed by atoms with E-state index in [0.717, 1.165) is 5.01 Å². The summed E-state index contributed by atoms with van der Waals surface area (Å²) in [6.45, 7) is 0.474. The number of ketones is 1. The van der Waals surface area contributed by atoms with Crippen molar-refractivity contribution in [1.82, 2.24) is 24.5 Å². The predicted octanol–water partition coefficient (Wildman–Crippen LogP) is 2.85. The number of Topliss-reactive ketones (excluding diaryl/α,β-unsaturated/α-hetero) is 1. The number of hydrogen-bond donors (Lipinski definition) is 0. The smallest absolute Gasteiger partial charge is 0.282 e. The van der Waals surface area contributed by atoms with Gasteiger partial charge < -0.3 is 0 Å². The molecule has 142 valence electrons. The molecule has 4 aromatic heterocycles. The molecule has 28 heavy (non-hydrogen) atoms. The molecule has 0 saturated carbocycles. The van der Waals surface area contributed by atoms with Crippen LogP contribution in [0.15, 0.2) is 51.4 Å². The molecule has 0 aliphatic heterocycles. The van der Waals surface area contributed by atoms with Gasteiger partial charge in [-0.25, -0.2) is 19.9 Å². The second kappa shape index (κ2) is 8.72. The summed E-state index contributed by atoms with van der Waals surface area (Å²) in [5, 5.41) is 5.14. The summed E-state index contributed by atoms with van der Waals surface area (Å²) in [6.07, 6.45) is 5.68. The Morgan fingerprint density at radius 1 is 1.11 bits per heavy atom. The molecule has 7 nitrogen and oxygen atoms in total. The Morgan fingerprint density at radius 3 is 2.79 bits per heavy atom. The van der Waals surface area contributed by atoms with E-state index in [1.165, 1.54) is 40.4 Å². The number of aryl methyl sites for hydroxylation is 1. The lowest BCUT2D eigenvalue weighted by molar-refractivity contribution is -0.116. The number of thiazole rings is 1. The molecular formula is C18H15N5O2S3. The first-order valence-corrected chi connectivity index (χ1v) is 11.2. The zero-order valence-electron chi connectivity index (χ0n) is 14.6. The fourth-order valence-corrected chi connectivity index (χ4v) is 4.83. The predicted molar refractivity (Wildman–Crippen MR) is 111 cm³/mol. The Labute approximate surface area is 172 Å². The normalized spacial score (nSPS) is 11.1. The molecule has 0 aliphatic carbocycles. The number of carbonyl (C=O) groups is 1. The van der Waals surface area contributed by atoms with Gasteiger partial charge in [0.05, 0.1) is 17.2 Å². The lowest BCUT2D eigenvalue weighted by Gasteiger charge is -2.11. The molecule has 0 N–H and O–H groups in total. The Morgan fingerprint density at radius 2 is 2.00 bits per heavy atom. The lowest BCUT2D eigenvalue weighted by atomic mass is 10.3. The van der Waals surface area contributed by atoms with Crippen molar-refractivity contribution < 1.29 is 4.79 Å². The zero-order chi connectivity index (χ0) is 19.3. The Kier molecular flexibility index (Phi) is 5.89. The summed E-state index contributed by atoms with van der Waals surface area (Å²) in [6, 6.07) is 4.02. The van der Waals surface area contributed by atoms with Crippen LogP contribution in [0.5, 0.6) is 0 Å². The van der Waals surface area contributed by atoms with Crippen molar-refractivity contribution in [3.8, 4) is 0 Å². The molecule has 0 aliphatic rings. The van der Waals surface area contributed by atoms with E-state index in [0.29, 0.717) is 23.8 Å². The SMILES string of the molecule is O=C(CSc1nc2nccnc2c(=O)n1CCc1cccs1)Cc1nccs1. The van der Waals surface area contributed by atoms with E-state index in [4.69, 9.17) is 0 Å². The van der Waals surface area contributed by atoms with E-state index in [1.807, 2.05) is 22.9 Å². The Hall–Kier alpha value is -2.43. The molecule has 0 fully saturated rings. The van der Waals surface area contributed by atoms with Crippen LogP contribution in [-0.2, 0) is 24.2 Å². The molecule has 0 bridgehead atoms. The van der Waals surface area contributed by atoms with Gasteiger partial charge >= 0.3 is 0 Å². The molecule has 0 atom stereocenters. The van der Waals surface area contributed by atoms with Crippen molar-refractivity contribution in [3.63, 3.8) is 0 Å². The minimum atomic E-state index is -0.232. The van der Waals surface area contributed by atoms with Crippen LogP contribution in [-0.4, -0.2) is 36.0 Å². The van der Waals surface area contributed by atoms with Gasteiger partial charge in [-0.15, -0.1) is 22.7 Å². The monoisotopic (exact) mass is 429 g/mol. The molecule has 4 heterocycles. The van der Waals surface area contributed by atoms with Crippen LogP contribution in [0.4, 0.5) is 0 Å². The van der Waals surface area contributed by atoms with Crippen molar-refractivity contribution in [2.45, 2.75) is 24.5 Å². The maximum atomic E-state index is 12.9. The highest BCUT2D eigenvalue weighted by Gasteiger charge is 2.15. The van der Waals surface area contributed by atoms with Crippen molar-refractivity contribution in [2.75, 3.05) is 5.75 Å². The summed E-state index contributed by atoms with van der Waals surface area (Å²) >= 11 is 4.36. The molecule has 0 radical (unpaired) electrons. The van der Waals surface area contributed by atoms with Crippen LogP contribution in [0.2, 0.25) is 0 Å². The highest BCUT2D eigenvalue weighted by molar-refractivity contribution is 7.99. The lowest BCUT2D eigenvalue weighted by Crippen LogP contribution is -2.25. The molecule has 0 spiro atoms. The van der Waals surface area contributed by atoms with Gasteiger partial charge in [0.1, 0.15) is 5.78 Å². The van der Waals surface area contributed by atoms with Crippen LogP contribution >= 0.6 is 34.4 Å². The number of thioether (sulfide) groups is 1. The average molecular weight is 430 g/mol. The molecular weight excluding hydrogens is 414 g/mol. The first-order valence-electron chi connectivity index (χ1n) is 8.47. The molecule has 0 unspecified atom stereocenters. The number of nitrogens with zero attached hydrogens (tertiary/aromatic N) is 5. The van der Waals surface area contributed by atoms with Crippen LogP contribution in [0.25, 0.3) is 11.2 Å². The first-order chi connectivity index (χ1) is 13.7. The minimum Gasteiger partial charge on any atom is -0.298 e. The van der Waals surface area contributed by atoms with Gasteiger partial charge in [-0.3, -0.25) is 14.2 Å². The highest BCUT2D eigenvalue weighted by Crippen LogP contribution is 2.19. The third-order valence-electron chi connectivity index (χ3n) is 3.92. The van der Waals surface area contributed by atoms with Gasteiger partial charge in [0.15, 0.2) is 16.3 Å². The van der Waals surface area contributed by atoms with E-state index >= 15 is 0 Å².